The lowest BCUT2D eigenvalue weighted by molar-refractivity contribution is -0.140. The molecular weight excluding hydrogens is 174 g/mol. The SMILES string of the molecule is CC(CNCc1ncon1)C(=O)O. The largest absolute Gasteiger partial charge is 0.481 e. The first-order valence-corrected chi connectivity index (χ1v) is 3.89. The van der Waals surface area contributed by atoms with Gasteiger partial charge in [-0.3, -0.25) is 4.79 Å². The van der Waals surface area contributed by atoms with E-state index in [1.807, 2.05) is 0 Å². The van der Waals surface area contributed by atoms with Gasteiger partial charge in [-0.25, -0.2) is 0 Å². The lowest BCUT2D eigenvalue weighted by atomic mass is 10.2. The monoisotopic (exact) mass is 185 g/mol. The third-order valence-electron chi connectivity index (χ3n) is 1.56. The average molecular weight is 185 g/mol. The van der Waals surface area contributed by atoms with Crippen LogP contribution < -0.4 is 5.32 Å². The van der Waals surface area contributed by atoms with Crippen molar-refractivity contribution < 1.29 is 14.4 Å². The Kier molecular flexibility index (Phi) is 3.39. The summed E-state index contributed by atoms with van der Waals surface area (Å²) in [7, 11) is 0. The summed E-state index contributed by atoms with van der Waals surface area (Å²) in [5, 5.41) is 15.0. The molecule has 2 N–H and O–H groups in total. The Balaban J connectivity index is 2.18. The van der Waals surface area contributed by atoms with Gasteiger partial charge in [0.05, 0.1) is 12.5 Å². The molecule has 0 saturated carbocycles. The van der Waals surface area contributed by atoms with E-state index in [0.29, 0.717) is 18.9 Å². The van der Waals surface area contributed by atoms with Gasteiger partial charge in [0.15, 0.2) is 5.82 Å². The topological polar surface area (TPSA) is 88.3 Å². The Hall–Kier alpha value is -1.43. The summed E-state index contributed by atoms with van der Waals surface area (Å²) < 4.78 is 4.50. The Morgan fingerprint density at radius 1 is 1.85 bits per heavy atom. The van der Waals surface area contributed by atoms with Gasteiger partial charge < -0.3 is 14.9 Å². The van der Waals surface area contributed by atoms with E-state index in [0.717, 1.165) is 0 Å². The van der Waals surface area contributed by atoms with E-state index in [1.165, 1.54) is 6.39 Å². The number of aliphatic carboxylic acids is 1. The molecule has 0 aliphatic heterocycles. The van der Waals surface area contributed by atoms with Gasteiger partial charge >= 0.3 is 5.97 Å². The Morgan fingerprint density at radius 2 is 2.62 bits per heavy atom. The lowest BCUT2D eigenvalue weighted by Gasteiger charge is -2.05. The summed E-state index contributed by atoms with van der Waals surface area (Å²) in [6, 6.07) is 0. The number of hydrogen-bond acceptors (Lipinski definition) is 5. The number of nitrogens with zero attached hydrogens (tertiary/aromatic N) is 2. The number of carboxylic acid groups (broad SMARTS) is 1. The van der Waals surface area contributed by atoms with Crippen LogP contribution in [0.15, 0.2) is 10.9 Å². The highest BCUT2D eigenvalue weighted by Crippen LogP contribution is 1.93. The molecule has 0 aliphatic carbocycles. The van der Waals surface area contributed by atoms with Crippen LogP contribution in [0.3, 0.4) is 0 Å². The molecule has 0 amide bonds. The quantitative estimate of drug-likeness (QED) is 0.664. The minimum Gasteiger partial charge on any atom is -0.481 e. The normalized spacial score (nSPS) is 12.7. The molecule has 0 aliphatic rings. The molecular formula is C7H11N3O3. The Bertz CT molecular complexity index is 260. The number of carbonyl (C=O) groups is 1. The predicted octanol–water partition coefficient (Wildman–Crippen LogP) is -0.120. The zero-order chi connectivity index (χ0) is 9.68. The van der Waals surface area contributed by atoms with Crippen molar-refractivity contribution in [3.63, 3.8) is 0 Å². The highest BCUT2D eigenvalue weighted by molar-refractivity contribution is 5.69. The molecule has 1 aromatic heterocycles. The summed E-state index contributed by atoms with van der Waals surface area (Å²) in [6.07, 6.45) is 1.23. The van der Waals surface area contributed by atoms with Crippen LogP contribution in [0.2, 0.25) is 0 Å². The summed E-state index contributed by atoms with van der Waals surface area (Å²) in [5.74, 6) is -0.704. The molecule has 0 radical (unpaired) electrons. The van der Waals surface area contributed by atoms with Crippen LogP contribution in [-0.2, 0) is 11.3 Å². The molecule has 0 bridgehead atoms. The van der Waals surface area contributed by atoms with Gasteiger partial charge in [-0.15, -0.1) is 0 Å². The summed E-state index contributed by atoms with van der Waals surface area (Å²) in [5.41, 5.74) is 0. The van der Waals surface area contributed by atoms with Crippen molar-refractivity contribution in [1.29, 1.82) is 0 Å². The van der Waals surface area contributed by atoms with Gasteiger partial charge in [0.1, 0.15) is 0 Å². The lowest BCUT2D eigenvalue weighted by Crippen LogP contribution is -2.26. The van der Waals surface area contributed by atoms with Crippen LogP contribution in [-0.4, -0.2) is 27.8 Å². The van der Waals surface area contributed by atoms with Crippen molar-refractivity contribution in [2.24, 2.45) is 5.92 Å². The minimum absolute atomic E-state index is 0.393. The molecule has 72 valence electrons. The first-order chi connectivity index (χ1) is 6.20. The Morgan fingerprint density at radius 3 is 3.15 bits per heavy atom. The number of nitrogens with one attached hydrogen (secondary N) is 1. The molecule has 6 heteroatoms. The van der Waals surface area contributed by atoms with E-state index in [-0.39, 0.29) is 0 Å². The molecule has 1 unspecified atom stereocenters. The van der Waals surface area contributed by atoms with Gasteiger partial charge in [0.2, 0.25) is 6.39 Å². The first kappa shape index (κ1) is 9.66. The van der Waals surface area contributed by atoms with E-state index in [1.54, 1.807) is 6.92 Å². The Labute approximate surface area is 74.9 Å². The summed E-state index contributed by atoms with van der Waals surface area (Å²) >= 11 is 0. The molecule has 6 nitrogen and oxygen atoms in total. The van der Waals surface area contributed by atoms with E-state index in [2.05, 4.69) is 20.0 Å². The highest BCUT2D eigenvalue weighted by atomic mass is 16.5. The van der Waals surface area contributed by atoms with Crippen molar-refractivity contribution in [1.82, 2.24) is 15.5 Å². The molecule has 1 rings (SSSR count). The molecule has 0 aromatic carbocycles. The van der Waals surface area contributed by atoms with Gasteiger partial charge in [-0.2, -0.15) is 4.98 Å². The van der Waals surface area contributed by atoms with E-state index in [9.17, 15) is 4.79 Å². The van der Waals surface area contributed by atoms with Crippen LogP contribution in [0.5, 0.6) is 0 Å². The van der Waals surface area contributed by atoms with Crippen molar-refractivity contribution in [3.8, 4) is 0 Å². The van der Waals surface area contributed by atoms with Crippen molar-refractivity contribution in [3.05, 3.63) is 12.2 Å². The number of aromatic nitrogens is 2. The van der Waals surface area contributed by atoms with Crippen LogP contribution in [0, 0.1) is 5.92 Å². The smallest absolute Gasteiger partial charge is 0.307 e. The molecule has 1 aromatic rings. The third-order valence-corrected chi connectivity index (χ3v) is 1.56. The molecule has 0 spiro atoms. The van der Waals surface area contributed by atoms with Gasteiger partial charge in [0.25, 0.3) is 0 Å². The zero-order valence-corrected chi connectivity index (χ0v) is 7.23. The zero-order valence-electron chi connectivity index (χ0n) is 7.23. The van der Waals surface area contributed by atoms with Crippen LogP contribution in [0.25, 0.3) is 0 Å². The van der Waals surface area contributed by atoms with Crippen LogP contribution in [0.1, 0.15) is 12.7 Å². The third kappa shape index (κ3) is 3.20. The van der Waals surface area contributed by atoms with Crippen molar-refractivity contribution in [2.75, 3.05) is 6.54 Å². The number of rotatable bonds is 5. The molecule has 1 heterocycles. The minimum atomic E-state index is -0.819. The van der Waals surface area contributed by atoms with Crippen LogP contribution in [0.4, 0.5) is 0 Å². The maximum Gasteiger partial charge on any atom is 0.307 e. The first-order valence-electron chi connectivity index (χ1n) is 3.89. The number of hydrogen-bond donors (Lipinski definition) is 2. The fourth-order valence-corrected chi connectivity index (χ4v) is 0.758. The summed E-state index contributed by atoms with van der Waals surface area (Å²) in [4.78, 5) is 14.2. The second-order valence-corrected chi connectivity index (χ2v) is 2.72. The maximum absolute atomic E-state index is 10.4. The fourth-order valence-electron chi connectivity index (χ4n) is 0.758. The number of carboxylic acids is 1. The molecule has 0 saturated heterocycles. The highest BCUT2D eigenvalue weighted by Gasteiger charge is 2.09. The van der Waals surface area contributed by atoms with Gasteiger partial charge in [-0.05, 0) is 0 Å². The van der Waals surface area contributed by atoms with E-state index in [4.69, 9.17) is 5.11 Å². The fraction of sp³-hybridized carbons (Fsp3) is 0.571. The maximum atomic E-state index is 10.4. The molecule has 13 heavy (non-hydrogen) atoms. The van der Waals surface area contributed by atoms with Crippen LogP contribution >= 0.6 is 0 Å². The second-order valence-electron chi connectivity index (χ2n) is 2.72. The average Bonchev–Trinajstić information content (AvgIpc) is 2.56. The standard InChI is InChI=1S/C7H11N3O3/c1-5(7(11)12)2-8-3-6-9-4-13-10-6/h4-5,8H,2-3H2,1H3,(H,11,12). The summed E-state index contributed by atoms with van der Waals surface area (Å²) in [6.45, 7) is 2.45. The van der Waals surface area contributed by atoms with Gasteiger partial charge in [0, 0.05) is 6.54 Å². The van der Waals surface area contributed by atoms with Crippen molar-refractivity contribution in [2.45, 2.75) is 13.5 Å². The van der Waals surface area contributed by atoms with E-state index >= 15 is 0 Å². The van der Waals surface area contributed by atoms with E-state index < -0.39 is 11.9 Å². The second kappa shape index (κ2) is 4.56. The molecule has 0 fully saturated rings. The van der Waals surface area contributed by atoms with Crippen molar-refractivity contribution >= 4 is 5.97 Å². The molecule has 1 atom stereocenters. The van der Waals surface area contributed by atoms with Gasteiger partial charge in [-0.1, -0.05) is 12.1 Å². The predicted molar refractivity (Wildman–Crippen MR) is 42.8 cm³/mol.